The highest BCUT2D eigenvalue weighted by molar-refractivity contribution is 7.90. The van der Waals surface area contributed by atoms with E-state index in [1.54, 1.807) is 13.8 Å². The summed E-state index contributed by atoms with van der Waals surface area (Å²) in [5.41, 5.74) is 0.494. The number of amides is 1. The number of nitrogens with one attached hydrogen (secondary N) is 1. The van der Waals surface area contributed by atoms with E-state index >= 15 is 0 Å². The molecule has 1 heterocycles. The van der Waals surface area contributed by atoms with E-state index in [9.17, 15) is 13.2 Å². The van der Waals surface area contributed by atoms with Crippen molar-refractivity contribution in [2.24, 2.45) is 0 Å². The normalized spacial score (nSPS) is 11.2. The monoisotopic (exact) mass is 399 g/mol. The van der Waals surface area contributed by atoms with Gasteiger partial charge in [0.2, 0.25) is 0 Å². The van der Waals surface area contributed by atoms with Gasteiger partial charge in [-0.2, -0.15) is 0 Å². The fourth-order valence-electron chi connectivity index (χ4n) is 2.11. The van der Waals surface area contributed by atoms with Crippen molar-refractivity contribution in [2.45, 2.75) is 18.7 Å². The fraction of sp³-hybridized carbons (Fsp3) is 0.312. The Balaban J connectivity index is 2.31. The van der Waals surface area contributed by atoms with Crippen LogP contribution in [0.2, 0.25) is 5.02 Å². The van der Waals surface area contributed by atoms with Crippen molar-refractivity contribution in [1.29, 1.82) is 0 Å². The van der Waals surface area contributed by atoms with Gasteiger partial charge in [0.1, 0.15) is 28.8 Å². The van der Waals surface area contributed by atoms with Crippen LogP contribution in [0.15, 0.2) is 29.2 Å². The molecular weight excluding hydrogens is 382 g/mol. The molecule has 0 aliphatic rings. The van der Waals surface area contributed by atoms with E-state index in [1.807, 2.05) is 4.72 Å². The van der Waals surface area contributed by atoms with Gasteiger partial charge in [-0.25, -0.2) is 23.1 Å². The molecule has 10 heteroatoms. The van der Waals surface area contributed by atoms with E-state index in [0.29, 0.717) is 11.5 Å². The van der Waals surface area contributed by atoms with Crippen LogP contribution in [0.1, 0.15) is 22.0 Å². The summed E-state index contributed by atoms with van der Waals surface area (Å²) in [6.07, 6.45) is 0. The second-order valence-corrected chi connectivity index (χ2v) is 7.40. The van der Waals surface area contributed by atoms with Gasteiger partial charge in [0.15, 0.2) is 0 Å². The number of hydrogen-bond acceptors (Lipinski definition) is 7. The van der Waals surface area contributed by atoms with Crippen LogP contribution in [0.3, 0.4) is 0 Å². The first-order valence-corrected chi connectivity index (χ1v) is 9.40. The lowest BCUT2D eigenvalue weighted by atomic mass is 10.3. The maximum Gasteiger partial charge on any atom is 0.283 e. The van der Waals surface area contributed by atoms with Gasteiger partial charge in [-0.15, -0.1) is 0 Å². The number of halogens is 1. The van der Waals surface area contributed by atoms with Crippen molar-refractivity contribution < 1.29 is 22.7 Å². The first-order valence-electron chi connectivity index (χ1n) is 7.53. The van der Waals surface area contributed by atoms with E-state index in [1.165, 1.54) is 31.4 Å². The van der Waals surface area contributed by atoms with Crippen molar-refractivity contribution in [3.05, 3.63) is 46.5 Å². The lowest BCUT2D eigenvalue weighted by Crippen LogP contribution is -2.32. The Morgan fingerprint density at radius 2 is 1.92 bits per heavy atom. The highest BCUT2D eigenvalue weighted by Crippen LogP contribution is 2.27. The number of sulfonamides is 1. The highest BCUT2D eigenvalue weighted by Gasteiger charge is 2.24. The number of carbonyl (C=O) groups excluding carboxylic acids is 1. The Morgan fingerprint density at radius 3 is 2.58 bits per heavy atom. The van der Waals surface area contributed by atoms with Crippen molar-refractivity contribution in [3.63, 3.8) is 0 Å². The Bertz CT molecular complexity index is 898. The molecule has 0 saturated carbocycles. The molecule has 8 nitrogen and oxygen atoms in total. The van der Waals surface area contributed by atoms with E-state index in [2.05, 4.69) is 9.97 Å². The molecule has 140 valence electrons. The van der Waals surface area contributed by atoms with Crippen LogP contribution in [0, 0.1) is 13.8 Å². The van der Waals surface area contributed by atoms with Gasteiger partial charge in [-0.05, 0) is 38.1 Å². The molecule has 2 rings (SSSR count). The summed E-state index contributed by atoms with van der Waals surface area (Å²) in [4.78, 5) is 20.1. The number of aryl methyl sites for hydroxylation is 2. The van der Waals surface area contributed by atoms with Gasteiger partial charge in [-0.1, -0.05) is 11.6 Å². The van der Waals surface area contributed by atoms with Crippen LogP contribution in [0.25, 0.3) is 0 Å². The minimum Gasteiger partial charge on any atom is -0.490 e. The summed E-state index contributed by atoms with van der Waals surface area (Å²) in [5.74, 6) is -0.456. The number of rotatable bonds is 7. The molecule has 0 radical (unpaired) electrons. The zero-order chi connectivity index (χ0) is 19.3. The predicted octanol–water partition coefficient (Wildman–Crippen LogP) is 1.89. The molecule has 0 atom stereocenters. The second-order valence-electron chi connectivity index (χ2n) is 5.31. The Kier molecular flexibility index (Phi) is 6.52. The van der Waals surface area contributed by atoms with Gasteiger partial charge >= 0.3 is 0 Å². The van der Waals surface area contributed by atoms with Crippen molar-refractivity contribution >= 4 is 27.5 Å². The molecule has 2 aromatic rings. The highest BCUT2D eigenvalue weighted by atomic mass is 35.5. The van der Waals surface area contributed by atoms with Crippen LogP contribution < -0.4 is 9.46 Å². The largest absolute Gasteiger partial charge is 0.490 e. The summed E-state index contributed by atoms with van der Waals surface area (Å²) in [7, 11) is -2.74. The number of benzene rings is 1. The average Bonchev–Trinajstić information content (AvgIpc) is 2.55. The van der Waals surface area contributed by atoms with Crippen LogP contribution in [0.5, 0.6) is 5.75 Å². The van der Waals surface area contributed by atoms with Crippen LogP contribution >= 0.6 is 11.6 Å². The number of ether oxygens (including phenoxy) is 2. The standard InChI is InChI=1S/C16H18ClN3O5S/c1-10-8-13(19-11(2)18-10)16(21)20-26(22,23)15-9-12(17)4-5-14(15)25-7-6-24-3/h4-5,8-9H,6-7H2,1-3H3,(H,20,21). The molecular formula is C16H18ClN3O5S. The molecule has 0 spiro atoms. The van der Waals surface area contributed by atoms with E-state index < -0.39 is 15.9 Å². The zero-order valence-corrected chi connectivity index (χ0v) is 16.0. The van der Waals surface area contributed by atoms with Gasteiger partial charge in [0.05, 0.1) is 6.61 Å². The third kappa shape index (κ3) is 5.13. The molecule has 0 aliphatic carbocycles. The lowest BCUT2D eigenvalue weighted by molar-refractivity contribution is 0.0976. The summed E-state index contributed by atoms with van der Waals surface area (Å²) >= 11 is 5.90. The van der Waals surface area contributed by atoms with Gasteiger partial charge in [0.25, 0.3) is 15.9 Å². The number of aromatic nitrogens is 2. The summed E-state index contributed by atoms with van der Waals surface area (Å²) in [5, 5.41) is 0.186. The van der Waals surface area contributed by atoms with Gasteiger partial charge < -0.3 is 9.47 Å². The summed E-state index contributed by atoms with van der Waals surface area (Å²) in [6.45, 7) is 3.70. The Morgan fingerprint density at radius 1 is 1.19 bits per heavy atom. The number of hydrogen-bond donors (Lipinski definition) is 1. The smallest absolute Gasteiger partial charge is 0.283 e. The SMILES string of the molecule is COCCOc1ccc(Cl)cc1S(=O)(=O)NC(=O)c1cc(C)nc(C)n1. The van der Waals surface area contributed by atoms with Gasteiger partial charge in [0, 0.05) is 17.8 Å². The molecule has 0 bridgehead atoms. The molecule has 0 aliphatic heterocycles. The number of nitrogens with zero attached hydrogens (tertiary/aromatic N) is 2. The topological polar surface area (TPSA) is 107 Å². The third-order valence-corrected chi connectivity index (χ3v) is 4.75. The lowest BCUT2D eigenvalue weighted by Gasteiger charge is -2.13. The molecule has 1 N–H and O–H groups in total. The van der Waals surface area contributed by atoms with Crippen LogP contribution in [-0.4, -0.2) is 44.6 Å². The first kappa shape index (κ1) is 20.1. The van der Waals surface area contributed by atoms with Crippen molar-refractivity contribution in [3.8, 4) is 5.75 Å². The molecule has 1 aromatic heterocycles. The average molecular weight is 400 g/mol. The summed E-state index contributed by atoms with van der Waals surface area (Å²) in [6, 6.07) is 5.50. The maximum absolute atomic E-state index is 12.6. The fourth-order valence-corrected chi connectivity index (χ4v) is 3.48. The zero-order valence-electron chi connectivity index (χ0n) is 14.4. The minimum atomic E-state index is -4.23. The Hall–Kier alpha value is -2.23. The van der Waals surface area contributed by atoms with E-state index in [0.717, 1.165) is 0 Å². The van der Waals surface area contributed by atoms with Crippen molar-refractivity contribution in [2.75, 3.05) is 20.3 Å². The molecule has 0 fully saturated rings. The molecule has 26 heavy (non-hydrogen) atoms. The minimum absolute atomic E-state index is 0.0533. The quantitative estimate of drug-likeness (QED) is 0.708. The Labute approximate surface area is 156 Å². The number of carbonyl (C=O) groups is 1. The van der Waals surface area contributed by atoms with Gasteiger partial charge in [-0.3, -0.25) is 4.79 Å². The predicted molar refractivity (Wildman–Crippen MR) is 95.0 cm³/mol. The molecule has 0 unspecified atom stereocenters. The van der Waals surface area contributed by atoms with Crippen LogP contribution in [0.4, 0.5) is 0 Å². The van der Waals surface area contributed by atoms with E-state index in [4.69, 9.17) is 21.1 Å². The molecule has 1 amide bonds. The first-order chi connectivity index (χ1) is 12.2. The second kappa shape index (κ2) is 8.43. The third-order valence-electron chi connectivity index (χ3n) is 3.17. The molecule has 1 aromatic carbocycles. The van der Waals surface area contributed by atoms with Crippen LogP contribution in [-0.2, 0) is 14.8 Å². The molecule has 0 saturated heterocycles. The van der Waals surface area contributed by atoms with E-state index in [-0.39, 0.29) is 34.6 Å². The summed E-state index contributed by atoms with van der Waals surface area (Å²) < 4.78 is 37.5. The number of methoxy groups -OCH3 is 1. The maximum atomic E-state index is 12.6. The van der Waals surface area contributed by atoms with Crippen molar-refractivity contribution in [1.82, 2.24) is 14.7 Å².